The van der Waals surface area contributed by atoms with Gasteiger partial charge < -0.3 is 9.80 Å². The highest BCUT2D eigenvalue weighted by Crippen LogP contribution is 2.53. The van der Waals surface area contributed by atoms with Gasteiger partial charge >= 0.3 is 0 Å². The van der Waals surface area contributed by atoms with Crippen molar-refractivity contribution in [3.63, 3.8) is 0 Å². The van der Waals surface area contributed by atoms with E-state index >= 15 is 0 Å². The summed E-state index contributed by atoms with van der Waals surface area (Å²) in [6.07, 6.45) is 1.70. The Labute approximate surface area is 369 Å². The fraction of sp³-hybridized carbons (Fsp3) is 0.105. The first-order valence-electron chi connectivity index (χ1n) is 21.6. The molecule has 0 saturated carbocycles. The maximum atomic E-state index is 5.42. The molecule has 0 atom stereocenters. The van der Waals surface area contributed by atoms with Crippen LogP contribution in [-0.2, 0) is 11.0 Å². The summed E-state index contributed by atoms with van der Waals surface area (Å²) in [6.45, 7) is 8.83. The standard InChI is InChI=1S/C57H46N6/c1-56(2)50-22-14-15-23-51(50)63-52-53(56)58-38-59-54(52)57(3,4)60-55(63)43-27-26-41-36-40(24-25-42(41)37-43)39-28-30-47(31-29-39)62(46-20-12-7-13-21-46)49-34-32-48(33-35-49)61(44-16-8-5-9-17-44)45-18-10-6-11-19-45/h5-38H,1-4H3. The van der Waals surface area contributed by atoms with E-state index in [9.17, 15) is 0 Å². The highest BCUT2D eigenvalue weighted by atomic mass is 15.3. The maximum Gasteiger partial charge on any atom is 0.141 e. The summed E-state index contributed by atoms with van der Waals surface area (Å²) in [4.78, 5) is 22.1. The van der Waals surface area contributed by atoms with E-state index in [2.05, 4.69) is 243 Å². The van der Waals surface area contributed by atoms with Crippen LogP contribution in [0.4, 0.5) is 45.5 Å². The van der Waals surface area contributed by atoms with Crippen LogP contribution in [0.3, 0.4) is 0 Å². The Kier molecular flexibility index (Phi) is 9.05. The highest BCUT2D eigenvalue weighted by molar-refractivity contribution is 6.18. The minimum absolute atomic E-state index is 0.282. The van der Waals surface area contributed by atoms with Crippen LogP contribution in [0.15, 0.2) is 212 Å². The van der Waals surface area contributed by atoms with Gasteiger partial charge in [-0.05, 0) is 146 Å². The fourth-order valence-electron chi connectivity index (χ4n) is 9.47. The van der Waals surface area contributed by atoms with Crippen LogP contribution in [0.1, 0.15) is 50.2 Å². The average molecular weight is 815 g/mol. The number of aliphatic imine (C=N–C) groups is 1. The Morgan fingerprint density at radius 3 is 1.40 bits per heavy atom. The number of nitrogens with zero attached hydrogens (tertiary/aromatic N) is 6. The number of aromatic nitrogens is 2. The van der Waals surface area contributed by atoms with Gasteiger partial charge in [0, 0.05) is 45.1 Å². The molecule has 11 rings (SSSR count). The van der Waals surface area contributed by atoms with Crippen molar-refractivity contribution in [1.82, 2.24) is 9.97 Å². The smallest absolute Gasteiger partial charge is 0.141 e. The summed E-state index contributed by atoms with van der Waals surface area (Å²) in [5, 5.41) is 2.33. The predicted octanol–water partition coefficient (Wildman–Crippen LogP) is 14.7. The van der Waals surface area contributed by atoms with Gasteiger partial charge in [-0.2, -0.15) is 0 Å². The molecule has 0 bridgehead atoms. The molecule has 9 aromatic rings. The minimum Gasteiger partial charge on any atom is -0.311 e. The Bertz CT molecular complexity index is 3120. The first kappa shape index (κ1) is 38.1. The number of amidine groups is 1. The van der Waals surface area contributed by atoms with Crippen molar-refractivity contribution in [2.24, 2.45) is 4.99 Å². The van der Waals surface area contributed by atoms with Crippen LogP contribution in [0.2, 0.25) is 0 Å². The van der Waals surface area contributed by atoms with Gasteiger partial charge in [-0.3, -0.25) is 9.89 Å². The Hall–Kier alpha value is -7.83. The third-order valence-corrected chi connectivity index (χ3v) is 12.6. The molecule has 0 amide bonds. The van der Waals surface area contributed by atoms with Gasteiger partial charge in [-0.1, -0.05) is 109 Å². The molecular formula is C57H46N6. The van der Waals surface area contributed by atoms with Crippen molar-refractivity contribution < 1.29 is 0 Å². The molecule has 304 valence electrons. The Balaban J connectivity index is 0.912. The van der Waals surface area contributed by atoms with Gasteiger partial charge in [-0.15, -0.1) is 0 Å². The quantitative estimate of drug-likeness (QED) is 0.153. The lowest BCUT2D eigenvalue weighted by molar-refractivity contribution is 0.516. The van der Waals surface area contributed by atoms with Gasteiger partial charge in [0.05, 0.1) is 22.8 Å². The molecule has 0 radical (unpaired) electrons. The minimum atomic E-state index is -0.530. The normalized spacial score (nSPS) is 14.3. The highest BCUT2D eigenvalue weighted by Gasteiger charge is 2.46. The molecule has 0 aliphatic carbocycles. The third kappa shape index (κ3) is 6.54. The lowest BCUT2D eigenvalue weighted by atomic mass is 9.74. The van der Waals surface area contributed by atoms with Crippen molar-refractivity contribution in [1.29, 1.82) is 0 Å². The number of rotatable bonds is 8. The van der Waals surface area contributed by atoms with Crippen molar-refractivity contribution in [2.75, 3.05) is 14.7 Å². The van der Waals surface area contributed by atoms with Crippen molar-refractivity contribution in [3.8, 4) is 11.1 Å². The van der Waals surface area contributed by atoms with E-state index in [0.717, 1.165) is 79.2 Å². The van der Waals surface area contributed by atoms with Crippen molar-refractivity contribution >= 4 is 62.1 Å². The fourth-order valence-corrected chi connectivity index (χ4v) is 9.47. The van der Waals surface area contributed by atoms with Gasteiger partial charge in [0.1, 0.15) is 17.7 Å². The second-order valence-electron chi connectivity index (χ2n) is 17.4. The molecule has 6 nitrogen and oxygen atoms in total. The van der Waals surface area contributed by atoms with E-state index in [1.54, 1.807) is 6.33 Å². The molecule has 2 aliphatic rings. The van der Waals surface area contributed by atoms with Crippen LogP contribution in [-0.4, -0.2) is 15.8 Å². The molecule has 63 heavy (non-hydrogen) atoms. The number of benzene rings is 8. The molecule has 6 heteroatoms. The maximum absolute atomic E-state index is 5.42. The lowest BCUT2D eigenvalue weighted by Crippen LogP contribution is -2.44. The summed E-state index contributed by atoms with van der Waals surface area (Å²) in [6, 6.07) is 71.5. The first-order chi connectivity index (χ1) is 30.7. The second-order valence-corrected chi connectivity index (χ2v) is 17.4. The van der Waals surface area contributed by atoms with Crippen molar-refractivity contribution in [2.45, 2.75) is 38.6 Å². The molecule has 0 unspecified atom stereocenters. The third-order valence-electron chi connectivity index (χ3n) is 12.6. The zero-order valence-electron chi connectivity index (χ0n) is 35.8. The molecule has 2 aliphatic heterocycles. The molecule has 0 spiro atoms. The van der Waals surface area contributed by atoms with Crippen LogP contribution in [0.5, 0.6) is 0 Å². The van der Waals surface area contributed by atoms with E-state index in [1.165, 1.54) is 16.5 Å². The van der Waals surface area contributed by atoms with Crippen LogP contribution in [0, 0.1) is 0 Å². The van der Waals surface area contributed by atoms with E-state index in [-0.39, 0.29) is 5.41 Å². The van der Waals surface area contributed by atoms with Crippen LogP contribution < -0.4 is 14.7 Å². The van der Waals surface area contributed by atoms with E-state index in [0.29, 0.717) is 0 Å². The molecular weight excluding hydrogens is 769 g/mol. The summed E-state index contributed by atoms with van der Waals surface area (Å²) < 4.78 is 0. The lowest BCUT2D eigenvalue weighted by Gasteiger charge is -2.46. The average Bonchev–Trinajstić information content (AvgIpc) is 3.32. The molecule has 0 saturated heterocycles. The number of para-hydroxylation sites is 4. The number of hydrogen-bond donors (Lipinski definition) is 0. The molecule has 8 aromatic carbocycles. The topological polar surface area (TPSA) is 47.9 Å². The Morgan fingerprint density at radius 2 is 0.841 bits per heavy atom. The zero-order chi connectivity index (χ0) is 42.7. The summed E-state index contributed by atoms with van der Waals surface area (Å²) >= 11 is 0. The van der Waals surface area contributed by atoms with Gasteiger partial charge in [0.2, 0.25) is 0 Å². The van der Waals surface area contributed by atoms with E-state index in [4.69, 9.17) is 15.0 Å². The van der Waals surface area contributed by atoms with Crippen LogP contribution >= 0.6 is 0 Å². The molecule has 1 aromatic heterocycles. The molecule has 3 heterocycles. The number of anilines is 8. The van der Waals surface area contributed by atoms with E-state index in [1.807, 2.05) is 0 Å². The summed E-state index contributed by atoms with van der Waals surface area (Å²) in [7, 11) is 0. The van der Waals surface area contributed by atoms with Gasteiger partial charge in [0.25, 0.3) is 0 Å². The second kappa shape index (κ2) is 15.0. The summed E-state index contributed by atoms with van der Waals surface area (Å²) in [5.41, 5.74) is 14.5. The van der Waals surface area contributed by atoms with Crippen molar-refractivity contribution in [3.05, 3.63) is 229 Å². The number of fused-ring (bicyclic) bond motifs is 3. The predicted molar refractivity (Wildman–Crippen MR) is 261 cm³/mol. The SMILES string of the molecule is CC1(C)N=C(c2ccc3cc(-c4ccc(N(c5ccccc5)c5ccc(N(c6ccccc6)c6ccccc6)cc5)cc4)ccc3c2)N2c3ccccc3C(C)(C)c3ncnc1c32. The van der Waals surface area contributed by atoms with Gasteiger partial charge in [-0.25, -0.2) is 9.97 Å². The summed E-state index contributed by atoms with van der Waals surface area (Å²) in [5.74, 6) is 0.912. The Morgan fingerprint density at radius 1 is 0.413 bits per heavy atom. The van der Waals surface area contributed by atoms with Crippen LogP contribution in [0.25, 0.3) is 21.9 Å². The molecule has 0 fully saturated rings. The zero-order valence-corrected chi connectivity index (χ0v) is 35.8. The van der Waals surface area contributed by atoms with E-state index < -0.39 is 5.54 Å². The number of hydrogen-bond acceptors (Lipinski definition) is 6. The largest absolute Gasteiger partial charge is 0.311 e. The first-order valence-corrected chi connectivity index (χ1v) is 21.6. The monoisotopic (exact) mass is 814 g/mol. The van der Waals surface area contributed by atoms with Gasteiger partial charge in [0.15, 0.2) is 0 Å². The molecule has 0 N–H and O–H groups in total.